The molecule has 0 aliphatic rings. The molecule has 2 aromatic heterocycles. The van der Waals surface area contributed by atoms with Crippen LogP contribution in [0.2, 0.25) is 0 Å². The van der Waals surface area contributed by atoms with Crippen LogP contribution in [0, 0.1) is 13.8 Å². The van der Waals surface area contributed by atoms with Crippen LogP contribution in [-0.4, -0.2) is 10.9 Å². The number of hydrogen-bond donors (Lipinski definition) is 1. The summed E-state index contributed by atoms with van der Waals surface area (Å²) >= 11 is 1.47. The van der Waals surface area contributed by atoms with Gasteiger partial charge in [-0.1, -0.05) is 18.2 Å². The van der Waals surface area contributed by atoms with Gasteiger partial charge in [0.05, 0.1) is 12.7 Å². The number of nitrogens with zero attached hydrogens (tertiary/aromatic N) is 1. The van der Waals surface area contributed by atoms with E-state index in [1.165, 1.54) is 11.3 Å². The van der Waals surface area contributed by atoms with Crippen LogP contribution < -0.4 is 5.32 Å². The summed E-state index contributed by atoms with van der Waals surface area (Å²) in [5, 5.41) is 4.44. The third-order valence-electron chi connectivity index (χ3n) is 3.10. The molecule has 5 heteroatoms. The van der Waals surface area contributed by atoms with E-state index in [1.807, 2.05) is 32.0 Å². The Morgan fingerprint density at radius 2 is 2.25 bits per heavy atom. The molecule has 0 unspecified atom stereocenters. The van der Waals surface area contributed by atoms with Gasteiger partial charge in [0, 0.05) is 22.0 Å². The Labute approximate surface area is 120 Å². The van der Waals surface area contributed by atoms with Crippen molar-refractivity contribution in [2.45, 2.75) is 20.3 Å². The van der Waals surface area contributed by atoms with E-state index in [1.54, 1.807) is 12.5 Å². The molecule has 2 heterocycles. The fourth-order valence-electron chi connectivity index (χ4n) is 2.14. The number of hydrogen-bond acceptors (Lipinski definition) is 4. The molecule has 0 saturated heterocycles. The summed E-state index contributed by atoms with van der Waals surface area (Å²) in [6, 6.07) is 5.94. The number of para-hydroxylation sites is 1. The zero-order chi connectivity index (χ0) is 14.1. The highest BCUT2D eigenvalue weighted by atomic mass is 32.1. The second kappa shape index (κ2) is 5.09. The predicted molar refractivity (Wildman–Crippen MR) is 80.1 cm³/mol. The molecule has 3 aromatic rings. The van der Waals surface area contributed by atoms with Crippen molar-refractivity contribution < 1.29 is 9.21 Å². The number of carbonyl (C=O) groups is 1. The van der Waals surface area contributed by atoms with E-state index >= 15 is 0 Å². The summed E-state index contributed by atoms with van der Waals surface area (Å²) in [4.78, 5) is 17.2. The highest BCUT2D eigenvalue weighted by molar-refractivity contribution is 7.15. The summed E-state index contributed by atoms with van der Waals surface area (Å²) in [5.74, 6) is -0.0800. The van der Waals surface area contributed by atoms with Crippen LogP contribution in [0.3, 0.4) is 0 Å². The van der Waals surface area contributed by atoms with Crippen LogP contribution in [-0.2, 0) is 11.2 Å². The van der Waals surface area contributed by atoms with E-state index in [4.69, 9.17) is 4.42 Å². The first-order valence-electron chi connectivity index (χ1n) is 6.31. The van der Waals surface area contributed by atoms with Gasteiger partial charge >= 0.3 is 0 Å². The Kier molecular flexibility index (Phi) is 3.28. The second-order valence-electron chi connectivity index (χ2n) is 4.71. The number of carbonyl (C=O) groups excluding carboxylic acids is 1. The fraction of sp³-hybridized carbons (Fsp3) is 0.200. The zero-order valence-electron chi connectivity index (χ0n) is 11.3. The van der Waals surface area contributed by atoms with Crippen molar-refractivity contribution in [3.05, 3.63) is 46.7 Å². The van der Waals surface area contributed by atoms with Gasteiger partial charge in [-0.25, -0.2) is 4.98 Å². The first kappa shape index (κ1) is 12.9. The minimum Gasteiger partial charge on any atom is -0.464 e. The fourth-order valence-corrected chi connectivity index (χ4v) is 2.82. The summed E-state index contributed by atoms with van der Waals surface area (Å²) in [7, 11) is 0. The summed E-state index contributed by atoms with van der Waals surface area (Å²) < 4.78 is 5.54. The van der Waals surface area contributed by atoms with Crippen LogP contribution >= 0.6 is 11.3 Å². The summed E-state index contributed by atoms with van der Waals surface area (Å²) in [6.45, 7) is 3.95. The van der Waals surface area contributed by atoms with Gasteiger partial charge < -0.3 is 9.73 Å². The summed E-state index contributed by atoms with van der Waals surface area (Å²) in [6.07, 6.45) is 3.69. The minimum atomic E-state index is -0.0800. The van der Waals surface area contributed by atoms with Crippen LogP contribution in [0.15, 0.2) is 35.1 Å². The lowest BCUT2D eigenvalue weighted by Crippen LogP contribution is -2.13. The Morgan fingerprint density at radius 3 is 3.00 bits per heavy atom. The lowest BCUT2D eigenvalue weighted by atomic mass is 10.1. The Morgan fingerprint density at radius 1 is 1.40 bits per heavy atom. The van der Waals surface area contributed by atoms with E-state index in [9.17, 15) is 4.79 Å². The topological polar surface area (TPSA) is 55.1 Å². The highest BCUT2D eigenvalue weighted by Crippen LogP contribution is 2.25. The van der Waals surface area contributed by atoms with Gasteiger partial charge in [-0.3, -0.25) is 4.79 Å². The van der Waals surface area contributed by atoms with Gasteiger partial charge in [-0.05, 0) is 19.4 Å². The van der Waals surface area contributed by atoms with Crippen molar-refractivity contribution in [3.63, 3.8) is 0 Å². The van der Waals surface area contributed by atoms with Crippen LogP contribution in [0.5, 0.6) is 0 Å². The molecule has 0 spiro atoms. The number of anilines is 1. The largest absolute Gasteiger partial charge is 0.464 e. The molecule has 1 N–H and O–H groups in total. The molecule has 1 aromatic carbocycles. The van der Waals surface area contributed by atoms with Gasteiger partial charge in [0.15, 0.2) is 5.13 Å². The molecule has 3 rings (SSSR count). The molecule has 0 fully saturated rings. The molecule has 0 aliphatic heterocycles. The van der Waals surface area contributed by atoms with E-state index in [2.05, 4.69) is 10.3 Å². The molecule has 0 bridgehead atoms. The lowest BCUT2D eigenvalue weighted by molar-refractivity contribution is -0.115. The SMILES string of the molecule is Cc1cnc(NC(=O)Cc2coc3c(C)cccc23)s1. The Bertz CT molecular complexity index is 773. The number of furan rings is 1. The number of aryl methyl sites for hydroxylation is 2. The van der Waals surface area contributed by atoms with Gasteiger partial charge in [-0.15, -0.1) is 11.3 Å². The van der Waals surface area contributed by atoms with Crippen LogP contribution in [0.25, 0.3) is 11.0 Å². The number of thiazole rings is 1. The number of rotatable bonds is 3. The Balaban J connectivity index is 1.79. The molecule has 0 saturated carbocycles. The maximum atomic E-state index is 12.0. The van der Waals surface area contributed by atoms with Crippen LogP contribution in [0.4, 0.5) is 5.13 Å². The maximum absolute atomic E-state index is 12.0. The number of nitrogens with one attached hydrogen (secondary N) is 1. The van der Waals surface area contributed by atoms with Gasteiger partial charge in [0.1, 0.15) is 5.58 Å². The zero-order valence-corrected chi connectivity index (χ0v) is 12.1. The average Bonchev–Trinajstić information content (AvgIpc) is 2.98. The van der Waals surface area contributed by atoms with Crippen LogP contribution in [0.1, 0.15) is 16.0 Å². The van der Waals surface area contributed by atoms with Crippen molar-refractivity contribution >= 4 is 33.3 Å². The molecule has 4 nitrogen and oxygen atoms in total. The minimum absolute atomic E-state index is 0.0800. The third-order valence-corrected chi connectivity index (χ3v) is 3.92. The maximum Gasteiger partial charge on any atom is 0.230 e. The summed E-state index contributed by atoms with van der Waals surface area (Å²) in [5.41, 5.74) is 2.82. The van der Waals surface area contributed by atoms with Crippen molar-refractivity contribution in [1.29, 1.82) is 0 Å². The van der Waals surface area contributed by atoms with E-state index in [0.717, 1.165) is 27.0 Å². The quantitative estimate of drug-likeness (QED) is 0.799. The van der Waals surface area contributed by atoms with Crippen molar-refractivity contribution in [1.82, 2.24) is 4.98 Å². The molecule has 0 radical (unpaired) electrons. The normalized spacial score (nSPS) is 10.9. The molecule has 0 aliphatic carbocycles. The van der Waals surface area contributed by atoms with E-state index in [-0.39, 0.29) is 12.3 Å². The monoisotopic (exact) mass is 286 g/mol. The number of fused-ring (bicyclic) bond motifs is 1. The van der Waals surface area contributed by atoms with E-state index < -0.39 is 0 Å². The predicted octanol–water partition coefficient (Wildman–Crippen LogP) is 3.69. The van der Waals surface area contributed by atoms with Crippen molar-refractivity contribution in [3.8, 4) is 0 Å². The first-order valence-corrected chi connectivity index (χ1v) is 7.13. The molecule has 1 amide bonds. The number of amides is 1. The third kappa shape index (κ3) is 2.44. The average molecular weight is 286 g/mol. The second-order valence-corrected chi connectivity index (χ2v) is 5.95. The van der Waals surface area contributed by atoms with Gasteiger partial charge in [-0.2, -0.15) is 0 Å². The lowest BCUT2D eigenvalue weighted by Gasteiger charge is -2.00. The molecular weight excluding hydrogens is 272 g/mol. The number of benzene rings is 1. The molecule has 102 valence electrons. The van der Waals surface area contributed by atoms with E-state index in [0.29, 0.717) is 5.13 Å². The van der Waals surface area contributed by atoms with Crippen molar-refractivity contribution in [2.75, 3.05) is 5.32 Å². The highest BCUT2D eigenvalue weighted by Gasteiger charge is 2.12. The molecule has 0 atom stereocenters. The first-order chi connectivity index (χ1) is 9.63. The Hall–Kier alpha value is -2.14. The smallest absolute Gasteiger partial charge is 0.230 e. The molecular formula is C15H14N2O2S. The van der Waals surface area contributed by atoms with Gasteiger partial charge in [0.2, 0.25) is 5.91 Å². The van der Waals surface area contributed by atoms with Gasteiger partial charge in [0.25, 0.3) is 0 Å². The number of aromatic nitrogens is 1. The van der Waals surface area contributed by atoms with Crippen molar-refractivity contribution in [2.24, 2.45) is 0 Å². The standard InChI is InChI=1S/C15H14N2O2S/c1-9-4-3-5-12-11(8-19-14(9)12)6-13(18)17-15-16-7-10(2)20-15/h3-5,7-8H,6H2,1-2H3,(H,16,17,18). The molecule has 20 heavy (non-hydrogen) atoms.